The zero-order valence-corrected chi connectivity index (χ0v) is 9.88. The highest BCUT2D eigenvalue weighted by atomic mass is 32.2. The second-order valence-corrected chi connectivity index (χ2v) is 4.41. The van der Waals surface area contributed by atoms with Gasteiger partial charge in [-0.3, -0.25) is 9.59 Å². The van der Waals surface area contributed by atoms with Gasteiger partial charge < -0.3 is 4.57 Å². The van der Waals surface area contributed by atoms with Crippen LogP contribution < -0.4 is 5.43 Å². The SMILES string of the molecule is CSc1ccc2c(c1)c(=O)c(C=O)cn2C. The average molecular weight is 233 g/mol. The summed E-state index contributed by atoms with van der Waals surface area (Å²) < 4.78 is 1.80. The van der Waals surface area contributed by atoms with E-state index in [1.807, 2.05) is 31.5 Å². The van der Waals surface area contributed by atoms with Crippen LogP contribution in [0.4, 0.5) is 0 Å². The number of thioether (sulfide) groups is 1. The average Bonchev–Trinajstić information content (AvgIpc) is 2.33. The molecule has 0 aliphatic carbocycles. The smallest absolute Gasteiger partial charge is 0.199 e. The Labute approximate surface area is 97.1 Å². The van der Waals surface area contributed by atoms with E-state index < -0.39 is 0 Å². The second kappa shape index (κ2) is 4.14. The quantitative estimate of drug-likeness (QED) is 0.589. The summed E-state index contributed by atoms with van der Waals surface area (Å²) in [6, 6.07) is 5.69. The van der Waals surface area contributed by atoms with Gasteiger partial charge in [0.25, 0.3) is 0 Å². The van der Waals surface area contributed by atoms with Gasteiger partial charge in [0.05, 0.1) is 11.1 Å². The van der Waals surface area contributed by atoms with E-state index in [0.717, 1.165) is 10.4 Å². The number of hydrogen-bond acceptors (Lipinski definition) is 3. The van der Waals surface area contributed by atoms with Gasteiger partial charge in [-0.25, -0.2) is 0 Å². The zero-order valence-electron chi connectivity index (χ0n) is 9.06. The van der Waals surface area contributed by atoms with Crippen LogP contribution in [0, 0.1) is 0 Å². The molecule has 16 heavy (non-hydrogen) atoms. The lowest BCUT2D eigenvalue weighted by Gasteiger charge is -2.07. The molecule has 0 amide bonds. The molecule has 0 radical (unpaired) electrons. The first-order valence-electron chi connectivity index (χ1n) is 4.80. The maximum atomic E-state index is 11.9. The third-order valence-corrected chi connectivity index (χ3v) is 3.28. The molecule has 1 heterocycles. The van der Waals surface area contributed by atoms with Crippen LogP contribution in [-0.4, -0.2) is 17.1 Å². The third-order valence-electron chi connectivity index (χ3n) is 2.55. The van der Waals surface area contributed by atoms with Gasteiger partial charge in [0.1, 0.15) is 0 Å². The lowest BCUT2D eigenvalue weighted by Crippen LogP contribution is -2.12. The summed E-state index contributed by atoms with van der Waals surface area (Å²) in [6.45, 7) is 0. The fourth-order valence-electron chi connectivity index (χ4n) is 1.71. The van der Waals surface area contributed by atoms with Crippen LogP contribution in [-0.2, 0) is 7.05 Å². The largest absolute Gasteiger partial charge is 0.350 e. The maximum absolute atomic E-state index is 11.9. The van der Waals surface area contributed by atoms with Gasteiger partial charge in [-0.15, -0.1) is 11.8 Å². The Morgan fingerprint density at radius 3 is 2.75 bits per heavy atom. The van der Waals surface area contributed by atoms with Crippen molar-refractivity contribution in [2.75, 3.05) is 6.26 Å². The van der Waals surface area contributed by atoms with Crippen molar-refractivity contribution in [2.24, 2.45) is 7.05 Å². The summed E-state index contributed by atoms with van der Waals surface area (Å²) in [4.78, 5) is 23.7. The highest BCUT2D eigenvalue weighted by Gasteiger charge is 2.07. The molecule has 0 aliphatic rings. The summed E-state index contributed by atoms with van der Waals surface area (Å²) in [6.07, 6.45) is 4.12. The normalized spacial score (nSPS) is 10.6. The lowest BCUT2D eigenvalue weighted by molar-refractivity contribution is 0.112. The van der Waals surface area contributed by atoms with Crippen molar-refractivity contribution in [1.29, 1.82) is 0 Å². The number of benzene rings is 1. The van der Waals surface area contributed by atoms with E-state index in [1.165, 1.54) is 0 Å². The number of nitrogens with zero attached hydrogens (tertiary/aromatic N) is 1. The summed E-state index contributed by atoms with van der Waals surface area (Å²) in [5.74, 6) is 0. The Kier molecular flexibility index (Phi) is 2.83. The van der Waals surface area contributed by atoms with Crippen molar-refractivity contribution in [3.63, 3.8) is 0 Å². The molecule has 0 fully saturated rings. The van der Waals surface area contributed by atoms with E-state index in [9.17, 15) is 9.59 Å². The van der Waals surface area contributed by atoms with Crippen LogP contribution >= 0.6 is 11.8 Å². The standard InChI is InChI=1S/C12H11NO2S/c1-13-6-8(7-14)12(15)10-5-9(16-2)3-4-11(10)13/h3-7H,1-2H3. The molecule has 0 saturated heterocycles. The first-order valence-corrected chi connectivity index (χ1v) is 6.02. The van der Waals surface area contributed by atoms with E-state index in [0.29, 0.717) is 11.7 Å². The summed E-state index contributed by atoms with van der Waals surface area (Å²) in [5, 5.41) is 0.596. The Balaban J connectivity index is 2.91. The number of pyridine rings is 1. The fraction of sp³-hybridized carbons (Fsp3) is 0.167. The van der Waals surface area contributed by atoms with Crippen LogP contribution in [0.2, 0.25) is 0 Å². The van der Waals surface area contributed by atoms with E-state index in [4.69, 9.17) is 0 Å². The first kappa shape index (κ1) is 11.0. The predicted molar refractivity (Wildman–Crippen MR) is 66.4 cm³/mol. The van der Waals surface area contributed by atoms with Gasteiger partial charge in [0, 0.05) is 23.5 Å². The minimum Gasteiger partial charge on any atom is -0.350 e. The molecule has 3 nitrogen and oxygen atoms in total. The molecule has 1 aromatic carbocycles. The van der Waals surface area contributed by atoms with Crippen LogP contribution in [0.5, 0.6) is 0 Å². The van der Waals surface area contributed by atoms with Gasteiger partial charge in [0.2, 0.25) is 0 Å². The Hall–Kier alpha value is -1.55. The van der Waals surface area contributed by atoms with Gasteiger partial charge >= 0.3 is 0 Å². The molecule has 4 heteroatoms. The Morgan fingerprint density at radius 2 is 2.12 bits per heavy atom. The van der Waals surface area contributed by atoms with Crippen LogP contribution in [0.3, 0.4) is 0 Å². The molecule has 0 atom stereocenters. The minimum absolute atomic E-state index is 0.195. The van der Waals surface area contributed by atoms with E-state index >= 15 is 0 Å². The number of carbonyl (C=O) groups excluding carboxylic acids is 1. The number of rotatable bonds is 2. The Morgan fingerprint density at radius 1 is 1.38 bits per heavy atom. The van der Waals surface area contributed by atoms with Crippen molar-refractivity contribution >= 4 is 29.0 Å². The number of carbonyl (C=O) groups is 1. The van der Waals surface area contributed by atoms with Crippen LogP contribution in [0.15, 0.2) is 34.1 Å². The molecule has 0 N–H and O–H groups in total. The minimum atomic E-state index is -0.195. The van der Waals surface area contributed by atoms with E-state index in [1.54, 1.807) is 22.5 Å². The van der Waals surface area contributed by atoms with Crippen molar-refractivity contribution in [1.82, 2.24) is 4.57 Å². The zero-order chi connectivity index (χ0) is 11.7. The molecule has 0 unspecified atom stereocenters. The summed E-state index contributed by atoms with van der Waals surface area (Å²) >= 11 is 1.58. The predicted octanol–water partition coefficient (Wildman–Crippen LogP) is 2.07. The number of hydrogen-bond donors (Lipinski definition) is 0. The second-order valence-electron chi connectivity index (χ2n) is 3.53. The number of aromatic nitrogens is 1. The van der Waals surface area contributed by atoms with Gasteiger partial charge in [0.15, 0.2) is 11.7 Å². The molecule has 2 aromatic rings. The molecule has 0 aliphatic heterocycles. The van der Waals surface area contributed by atoms with E-state index in [-0.39, 0.29) is 11.0 Å². The molecular formula is C12H11NO2S. The molecular weight excluding hydrogens is 222 g/mol. The van der Waals surface area contributed by atoms with Crippen molar-refractivity contribution in [3.05, 3.63) is 40.2 Å². The molecule has 1 aromatic heterocycles. The number of aldehydes is 1. The number of fused-ring (bicyclic) bond motifs is 1. The topological polar surface area (TPSA) is 39.1 Å². The van der Waals surface area contributed by atoms with Crippen LogP contribution in [0.25, 0.3) is 10.9 Å². The van der Waals surface area contributed by atoms with Gasteiger partial charge in [-0.1, -0.05) is 0 Å². The van der Waals surface area contributed by atoms with Crippen molar-refractivity contribution in [3.8, 4) is 0 Å². The molecule has 2 rings (SSSR count). The highest BCUT2D eigenvalue weighted by Crippen LogP contribution is 2.19. The van der Waals surface area contributed by atoms with E-state index in [2.05, 4.69) is 0 Å². The fourth-order valence-corrected chi connectivity index (χ4v) is 2.15. The van der Waals surface area contributed by atoms with Gasteiger partial charge in [-0.2, -0.15) is 0 Å². The first-order chi connectivity index (χ1) is 7.67. The maximum Gasteiger partial charge on any atom is 0.199 e. The third kappa shape index (κ3) is 1.65. The van der Waals surface area contributed by atoms with Crippen molar-refractivity contribution < 1.29 is 4.79 Å². The van der Waals surface area contributed by atoms with Gasteiger partial charge in [-0.05, 0) is 24.5 Å². The molecule has 0 spiro atoms. The molecule has 0 bridgehead atoms. The lowest BCUT2D eigenvalue weighted by atomic mass is 10.1. The molecule has 82 valence electrons. The summed E-state index contributed by atoms with van der Waals surface area (Å²) in [7, 11) is 1.83. The van der Waals surface area contributed by atoms with Crippen molar-refractivity contribution in [2.45, 2.75) is 4.90 Å². The highest BCUT2D eigenvalue weighted by molar-refractivity contribution is 7.98. The summed E-state index contributed by atoms with van der Waals surface area (Å²) in [5.41, 5.74) is 0.848. The number of aryl methyl sites for hydroxylation is 1. The van der Waals surface area contributed by atoms with Crippen LogP contribution in [0.1, 0.15) is 10.4 Å². The molecule has 0 saturated carbocycles. The monoisotopic (exact) mass is 233 g/mol. The Bertz CT molecular complexity index is 616.